The lowest BCUT2D eigenvalue weighted by molar-refractivity contribution is -0.0822. The second kappa shape index (κ2) is 14.7. The fourth-order valence-corrected chi connectivity index (χ4v) is 3.84. The third kappa shape index (κ3) is 7.89. The number of halogens is 3. The zero-order valence-electron chi connectivity index (χ0n) is 19.4. The lowest BCUT2D eigenvalue weighted by atomic mass is 9.73. The van der Waals surface area contributed by atoms with Crippen molar-refractivity contribution in [2.24, 2.45) is 11.7 Å². The van der Waals surface area contributed by atoms with E-state index in [1.54, 1.807) is 0 Å². The Labute approximate surface area is 199 Å². The summed E-state index contributed by atoms with van der Waals surface area (Å²) in [6.07, 6.45) is 0.784. The number of nitrogens with two attached hydrogens (primary N) is 1. The van der Waals surface area contributed by atoms with E-state index in [1.165, 1.54) is 12.5 Å². The van der Waals surface area contributed by atoms with Crippen LogP contribution in [-0.2, 0) is 21.6 Å². The van der Waals surface area contributed by atoms with Crippen LogP contribution in [0.5, 0.6) is 0 Å². The number of benzene rings is 2. The molecule has 0 amide bonds. The van der Waals surface area contributed by atoms with E-state index in [0.717, 1.165) is 11.6 Å². The summed E-state index contributed by atoms with van der Waals surface area (Å²) >= 11 is 3.07. The third-order valence-corrected chi connectivity index (χ3v) is 5.56. The third-order valence-electron chi connectivity index (χ3n) is 4.95. The molecule has 1 aliphatic heterocycles. The van der Waals surface area contributed by atoms with Gasteiger partial charge in [0.2, 0.25) is 0 Å². The predicted octanol–water partition coefficient (Wildman–Crippen LogP) is 5.94. The molecule has 2 aromatic carbocycles. The number of hydrogen-bond donors (Lipinski definition) is 2. The first-order chi connectivity index (χ1) is 15.3. The topological polar surface area (TPSA) is 64.7 Å². The second-order valence-corrected chi connectivity index (χ2v) is 8.36. The van der Waals surface area contributed by atoms with Crippen LogP contribution in [0.3, 0.4) is 0 Å². The van der Waals surface area contributed by atoms with Crippen molar-refractivity contribution in [2.45, 2.75) is 58.8 Å². The standard InChI is InChI=1S/C20H22BrF2NO3.C3H8.C2H6/c21-16-8-15(17(22)9-18(16)23)20(24)12-26-7-6-14(20)19(25)11-27-10-13-4-2-1-3-5-13;1-3-2;1-2/h1-5,8-9,14,19,25H,6-7,10-12,24H2;3H2,1-2H3;1-2H3. The molecular formula is C25H36BrF2NO3. The van der Waals surface area contributed by atoms with Gasteiger partial charge in [-0.05, 0) is 34.0 Å². The summed E-state index contributed by atoms with van der Waals surface area (Å²) in [6, 6.07) is 11.7. The maximum Gasteiger partial charge on any atom is 0.140 e. The minimum absolute atomic E-state index is 0.0302. The minimum Gasteiger partial charge on any atom is -0.390 e. The van der Waals surface area contributed by atoms with Crippen LogP contribution in [0.15, 0.2) is 46.9 Å². The van der Waals surface area contributed by atoms with E-state index in [0.29, 0.717) is 19.6 Å². The highest BCUT2D eigenvalue weighted by Crippen LogP contribution is 2.38. The summed E-state index contributed by atoms with van der Waals surface area (Å²) in [7, 11) is 0. The average molecular weight is 516 g/mol. The van der Waals surface area contributed by atoms with Crippen molar-refractivity contribution in [3.05, 3.63) is 69.7 Å². The molecule has 0 radical (unpaired) electrons. The van der Waals surface area contributed by atoms with E-state index in [1.807, 2.05) is 44.2 Å². The highest BCUT2D eigenvalue weighted by Gasteiger charge is 2.45. The van der Waals surface area contributed by atoms with E-state index >= 15 is 0 Å². The largest absolute Gasteiger partial charge is 0.390 e. The van der Waals surface area contributed by atoms with Gasteiger partial charge < -0.3 is 20.3 Å². The van der Waals surface area contributed by atoms with Crippen molar-refractivity contribution in [2.75, 3.05) is 19.8 Å². The molecule has 0 aromatic heterocycles. The lowest BCUT2D eigenvalue weighted by Crippen LogP contribution is -2.56. The van der Waals surface area contributed by atoms with Crippen molar-refractivity contribution in [3.8, 4) is 0 Å². The normalized spacial score (nSPS) is 21.0. The first kappa shape index (κ1) is 28.7. The molecule has 4 nitrogen and oxygen atoms in total. The summed E-state index contributed by atoms with van der Waals surface area (Å²) in [5.41, 5.74) is 6.32. The molecule has 3 rings (SSSR count). The zero-order chi connectivity index (χ0) is 24.1. The Hall–Kier alpha value is -1.38. The molecule has 1 fully saturated rings. The van der Waals surface area contributed by atoms with Crippen LogP contribution in [-0.4, -0.2) is 31.0 Å². The molecule has 0 aliphatic carbocycles. The molecule has 3 unspecified atom stereocenters. The summed E-state index contributed by atoms with van der Waals surface area (Å²) in [5.74, 6) is -1.96. The molecule has 7 heteroatoms. The van der Waals surface area contributed by atoms with Gasteiger partial charge in [0, 0.05) is 24.2 Å². The Morgan fingerprint density at radius 3 is 2.44 bits per heavy atom. The number of ether oxygens (including phenoxy) is 2. The van der Waals surface area contributed by atoms with Crippen LogP contribution in [0.4, 0.5) is 8.78 Å². The van der Waals surface area contributed by atoms with E-state index in [9.17, 15) is 13.9 Å². The van der Waals surface area contributed by atoms with Gasteiger partial charge in [0.25, 0.3) is 0 Å². The molecule has 1 aliphatic rings. The molecule has 1 heterocycles. The van der Waals surface area contributed by atoms with Gasteiger partial charge in [0.05, 0.1) is 35.9 Å². The van der Waals surface area contributed by atoms with E-state index < -0.39 is 29.2 Å². The summed E-state index contributed by atoms with van der Waals surface area (Å²) in [4.78, 5) is 0. The van der Waals surface area contributed by atoms with Gasteiger partial charge in [-0.3, -0.25) is 0 Å². The van der Waals surface area contributed by atoms with Crippen molar-refractivity contribution in [1.29, 1.82) is 0 Å². The summed E-state index contributed by atoms with van der Waals surface area (Å²) in [6.45, 7) is 9.10. The molecule has 0 saturated carbocycles. The minimum atomic E-state index is -1.28. The van der Waals surface area contributed by atoms with E-state index in [2.05, 4.69) is 29.8 Å². The number of aliphatic hydroxyl groups is 1. The molecule has 0 bridgehead atoms. The molecule has 180 valence electrons. The lowest BCUT2D eigenvalue weighted by Gasteiger charge is -2.43. The first-order valence-corrected chi connectivity index (χ1v) is 11.9. The van der Waals surface area contributed by atoms with Crippen LogP contribution in [0.25, 0.3) is 0 Å². The molecule has 0 spiro atoms. The molecule has 2 aromatic rings. The highest BCUT2D eigenvalue weighted by molar-refractivity contribution is 9.10. The fourth-order valence-electron chi connectivity index (χ4n) is 3.50. The van der Waals surface area contributed by atoms with Gasteiger partial charge in [0.15, 0.2) is 0 Å². The second-order valence-electron chi connectivity index (χ2n) is 7.51. The monoisotopic (exact) mass is 515 g/mol. The zero-order valence-corrected chi connectivity index (χ0v) is 21.0. The van der Waals surface area contributed by atoms with Gasteiger partial charge in [-0.1, -0.05) is 64.4 Å². The van der Waals surface area contributed by atoms with Gasteiger partial charge >= 0.3 is 0 Å². The van der Waals surface area contributed by atoms with Gasteiger partial charge in [-0.2, -0.15) is 0 Å². The Bertz CT molecular complexity index is 794. The molecule has 3 N–H and O–H groups in total. The van der Waals surface area contributed by atoms with E-state index in [4.69, 9.17) is 15.2 Å². The first-order valence-electron chi connectivity index (χ1n) is 11.1. The number of hydrogen-bond acceptors (Lipinski definition) is 4. The molecular weight excluding hydrogens is 480 g/mol. The fraction of sp³-hybridized carbons (Fsp3) is 0.520. The predicted molar refractivity (Wildman–Crippen MR) is 128 cm³/mol. The molecule has 1 saturated heterocycles. The maximum atomic E-state index is 14.5. The number of rotatable bonds is 6. The SMILES string of the molecule is CC.CCC.NC1(c2cc(Br)c(F)cc2F)COCCC1C(O)COCc1ccccc1. The Balaban J connectivity index is 0.000000944. The quantitative estimate of drug-likeness (QED) is 0.467. The number of aliphatic hydroxyl groups excluding tert-OH is 1. The highest BCUT2D eigenvalue weighted by atomic mass is 79.9. The summed E-state index contributed by atoms with van der Waals surface area (Å²) < 4.78 is 39.3. The van der Waals surface area contributed by atoms with Gasteiger partial charge in [-0.15, -0.1) is 0 Å². The van der Waals surface area contributed by atoms with Crippen LogP contribution in [0, 0.1) is 17.6 Å². The van der Waals surface area contributed by atoms with Crippen molar-refractivity contribution >= 4 is 15.9 Å². The van der Waals surface area contributed by atoms with Gasteiger partial charge in [0.1, 0.15) is 11.6 Å². The summed E-state index contributed by atoms with van der Waals surface area (Å²) in [5, 5.41) is 10.7. The van der Waals surface area contributed by atoms with E-state index in [-0.39, 0.29) is 23.2 Å². The van der Waals surface area contributed by atoms with Crippen LogP contribution >= 0.6 is 15.9 Å². The molecule has 3 atom stereocenters. The van der Waals surface area contributed by atoms with Crippen molar-refractivity contribution in [3.63, 3.8) is 0 Å². The Kier molecular flexibility index (Phi) is 13.2. The average Bonchev–Trinajstić information content (AvgIpc) is 2.79. The van der Waals surface area contributed by atoms with Crippen LogP contribution < -0.4 is 5.73 Å². The molecule has 32 heavy (non-hydrogen) atoms. The Morgan fingerprint density at radius 1 is 1.19 bits per heavy atom. The van der Waals surface area contributed by atoms with Crippen molar-refractivity contribution in [1.82, 2.24) is 0 Å². The smallest absolute Gasteiger partial charge is 0.140 e. The van der Waals surface area contributed by atoms with Crippen molar-refractivity contribution < 1.29 is 23.4 Å². The van der Waals surface area contributed by atoms with Crippen LogP contribution in [0.1, 0.15) is 51.7 Å². The Morgan fingerprint density at radius 2 is 1.81 bits per heavy atom. The van der Waals surface area contributed by atoms with Gasteiger partial charge in [-0.25, -0.2) is 8.78 Å². The van der Waals surface area contributed by atoms with Crippen LogP contribution in [0.2, 0.25) is 0 Å². The maximum absolute atomic E-state index is 14.5.